The standard InChI is InChI=1S/C21H20F3N5OS/c22-21(23,24)17-2-1-3-18(12-17)28-8-10-29(11-9-28)19(30)16-6-4-15(5-7-16)13-31-20-25-14-26-27-20/h1-7,12,14H,8-11,13H2,(H,25,26,27). The second-order valence-corrected chi connectivity index (χ2v) is 8.07. The minimum atomic E-state index is -4.37. The van der Waals surface area contributed by atoms with E-state index in [4.69, 9.17) is 0 Å². The van der Waals surface area contributed by atoms with Crippen molar-refractivity contribution < 1.29 is 18.0 Å². The molecule has 6 nitrogen and oxygen atoms in total. The SMILES string of the molecule is O=C(c1ccc(CSc2ncn[nH]2)cc1)N1CCN(c2cccc(C(F)(F)F)c2)CC1. The van der Waals surface area contributed by atoms with E-state index in [0.29, 0.717) is 43.2 Å². The minimum absolute atomic E-state index is 0.0712. The number of rotatable bonds is 5. The number of halogens is 3. The smallest absolute Gasteiger partial charge is 0.368 e. The summed E-state index contributed by atoms with van der Waals surface area (Å²) in [5.41, 5.74) is 1.52. The number of nitrogens with zero attached hydrogens (tertiary/aromatic N) is 4. The summed E-state index contributed by atoms with van der Waals surface area (Å²) >= 11 is 1.52. The number of aromatic nitrogens is 3. The largest absolute Gasteiger partial charge is 0.416 e. The van der Waals surface area contributed by atoms with Gasteiger partial charge >= 0.3 is 6.18 Å². The van der Waals surface area contributed by atoms with Crippen LogP contribution >= 0.6 is 11.8 Å². The summed E-state index contributed by atoms with van der Waals surface area (Å²) in [7, 11) is 0. The highest BCUT2D eigenvalue weighted by atomic mass is 32.2. The molecule has 2 aromatic carbocycles. The van der Waals surface area contributed by atoms with Gasteiger partial charge in [0.15, 0.2) is 5.16 Å². The van der Waals surface area contributed by atoms with E-state index >= 15 is 0 Å². The van der Waals surface area contributed by atoms with Crippen molar-refractivity contribution in [2.24, 2.45) is 0 Å². The number of hydrogen-bond acceptors (Lipinski definition) is 5. The first kappa shape index (κ1) is 21.2. The van der Waals surface area contributed by atoms with Gasteiger partial charge in [0.1, 0.15) is 6.33 Å². The van der Waals surface area contributed by atoms with Crippen LogP contribution in [-0.4, -0.2) is 52.2 Å². The summed E-state index contributed by atoms with van der Waals surface area (Å²) in [6, 6.07) is 12.7. The van der Waals surface area contributed by atoms with Gasteiger partial charge in [-0.25, -0.2) is 4.98 Å². The van der Waals surface area contributed by atoms with Crippen LogP contribution in [0, 0.1) is 0 Å². The second kappa shape index (κ2) is 9.01. The summed E-state index contributed by atoms with van der Waals surface area (Å²) in [6.45, 7) is 1.88. The zero-order chi connectivity index (χ0) is 21.8. The monoisotopic (exact) mass is 447 g/mol. The van der Waals surface area contributed by atoms with Crippen molar-refractivity contribution in [1.29, 1.82) is 0 Å². The highest BCUT2D eigenvalue weighted by Gasteiger charge is 2.31. The van der Waals surface area contributed by atoms with Gasteiger partial charge in [0.05, 0.1) is 5.56 Å². The van der Waals surface area contributed by atoms with Crippen molar-refractivity contribution in [1.82, 2.24) is 20.1 Å². The summed E-state index contributed by atoms with van der Waals surface area (Å²) in [5, 5.41) is 7.32. The Bertz CT molecular complexity index is 1020. The molecule has 1 aromatic heterocycles. The fourth-order valence-electron chi connectivity index (χ4n) is 3.39. The van der Waals surface area contributed by atoms with E-state index in [1.807, 2.05) is 17.0 Å². The molecular weight excluding hydrogens is 427 g/mol. The van der Waals surface area contributed by atoms with Crippen LogP contribution in [0.5, 0.6) is 0 Å². The van der Waals surface area contributed by atoms with Gasteiger partial charge in [-0.15, -0.1) is 0 Å². The molecule has 0 atom stereocenters. The van der Waals surface area contributed by atoms with Crippen LogP contribution in [0.3, 0.4) is 0 Å². The fourth-order valence-corrected chi connectivity index (χ4v) is 4.12. The van der Waals surface area contributed by atoms with Crippen LogP contribution in [0.25, 0.3) is 0 Å². The number of piperazine rings is 1. The Balaban J connectivity index is 1.33. The quantitative estimate of drug-likeness (QED) is 0.597. The third-order valence-electron chi connectivity index (χ3n) is 5.07. The summed E-state index contributed by atoms with van der Waals surface area (Å²) < 4.78 is 38.9. The lowest BCUT2D eigenvalue weighted by Crippen LogP contribution is -2.48. The van der Waals surface area contributed by atoms with E-state index in [0.717, 1.165) is 22.9 Å². The number of aromatic amines is 1. The van der Waals surface area contributed by atoms with Crippen molar-refractivity contribution in [2.45, 2.75) is 17.1 Å². The maximum Gasteiger partial charge on any atom is 0.416 e. The van der Waals surface area contributed by atoms with Crippen LogP contribution in [0.1, 0.15) is 21.5 Å². The lowest BCUT2D eigenvalue weighted by Gasteiger charge is -2.36. The topological polar surface area (TPSA) is 65.1 Å². The molecule has 2 heterocycles. The van der Waals surface area contributed by atoms with Crippen LogP contribution in [-0.2, 0) is 11.9 Å². The molecule has 1 aliphatic rings. The number of amides is 1. The molecule has 0 saturated carbocycles. The molecule has 0 radical (unpaired) electrons. The number of alkyl halides is 3. The normalized spacial score (nSPS) is 14.7. The third kappa shape index (κ3) is 5.19. The molecule has 1 fully saturated rings. The molecule has 0 bridgehead atoms. The lowest BCUT2D eigenvalue weighted by atomic mass is 10.1. The van der Waals surface area contributed by atoms with Crippen LogP contribution in [0.4, 0.5) is 18.9 Å². The first-order valence-corrected chi connectivity index (χ1v) is 10.7. The summed E-state index contributed by atoms with van der Waals surface area (Å²) in [6.07, 6.45) is -2.91. The van der Waals surface area contributed by atoms with Gasteiger partial charge in [0.25, 0.3) is 5.91 Å². The van der Waals surface area contributed by atoms with E-state index in [1.165, 1.54) is 24.2 Å². The Morgan fingerprint density at radius 1 is 1.06 bits per heavy atom. The van der Waals surface area contributed by atoms with Crippen molar-refractivity contribution >= 4 is 23.4 Å². The fraction of sp³-hybridized carbons (Fsp3) is 0.286. The van der Waals surface area contributed by atoms with Crippen LogP contribution < -0.4 is 4.90 Å². The number of nitrogens with one attached hydrogen (secondary N) is 1. The van der Waals surface area contributed by atoms with Gasteiger partial charge in [0.2, 0.25) is 0 Å². The number of benzene rings is 2. The maximum absolute atomic E-state index is 13.0. The van der Waals surface area contributed by atoms with Crippen molar-refractivity contribution in [2.75, 3.05) is 31.1 Å². The molecule has 0 unspecified atom stereocenters. The second-order valence-electron chi connectivity index (χ2n) is 7.10. The average molecular weight is 447 g/mol. The van der Waals surface area contributed by atoms with E-state index in [1.54, 1.807) is 23.1 Å². The number of hydrogen-bond donors (Lipinski definition) is 1. The van der Waals surface area contributed by atoms with E-state index < -0.39 is 11.7 Å². The number of carbonyl (C=O) groups is 1. The van der Waals surface area contributed by atoms with Gasteiger partial charge in [0, 0.05) is 43.2 Å². The molecule has 162 valence electrons. The van der Waals surface area contributed by atoms with Gasteiger partial charge in [-0.2, -0.15) is 18.3 Å². The maximum atomic E-state index is 13.0. The molecule has 0 aliphatic carbocycles. The minimum Gasteiger partial charge on any atom is -0.368 e. The Morgan fingerprint density at radius 3 is 2.45 bits per heavy atom. The van der Waals surface area contributed by atoms with Gasteiger partial charge in [-0.05, 0) is 35.9 Å². The van der Waals surface area contributed by atoms with Gasteiger partial charge in [-0.1, -0.05) is 30.0 Å². The average Bonchev–Trinajstić information content (AvgIpc) is 3.31. The van der Waals surface area contributed by atoms with Crippen LogP contribution in [0.2, 0.25) is 0 Å². The number of thioether (sulfide) groups is 1. The predicted octanol–water partition coefficient (Wildman–Crippen LogP) is 4.08. The Hall–Kier alpha value is -3.01. The molecule has 10 heteroatoms. The van der Waals surface area contributed by atoms with E-state index in [9.17, 15) is 18.0 Å². The zero-order valence-electron chi connectivity index (χ0n) is 16.5. The van der Waals surface area contributed by atoms with Crippen LogP contribution in [0.15, 0.2) is 60.0 Å². The molecule has 0 spiro atoms. The predicted molar refractivity (Wildman–Crippen MR) is 112 cm³/mol. The lowest BCUT2D eigenvalue weighted by molar-refractivity contribution is -0.137. The first-order valence-electron chi connectivity index (χ1n) is 9.69. The molecule has 31 heavy (non-hydrogen) atoms. The number of anilines is 1. The highest BCUT2D eigenvalue weighted by molar-refractivity contribution is 7.98. The molecule has 1 aliphatic heterocycles. The summed E-state index contributed by atoms with van der Waals surface area (Å²) in [4.78, 5) is 20.5. The molecular formula is C21H20F3N5OS. The molecule has 1 amide bonds. The molecule has 1 N–H and O–H groups in total. The van der Waals surface area contributed by atoms with Crippen molar-refractivity contribution in [3.63, 3.8) is 0 Å². The first-order chi connectivity index (χ1) is 14.9. The van der Waals surface area contributed by atoms with Crippen molar-refractivity contribution in [3.8, 4) is 0 Å². The zero-order valence-corrected chi connectivity index (χ0v) is 17.3. The van der Waals surface area contributed by atoms with Gasteiger partial charge < -0.3 is 9.80 Å². The molecule has 1 saturated heterocycles. The van der Waals surface area contributed by atoms with E-state index in [2.05, 4.69) is 15.2 Å². The highest BCUT2D eigenvalue weighted by Crippen LogP contribution is 2.32. The third-order valence-corrected chi connectivity index (χ3v) is 6.02. The summed E-state index contributed by atoms with van der Waals surface area (Å²) in [5.74, 6) is 0.636. The van der Waals surface area contributed by atoms with Crippen molar-refractivity contribution in [3.05, 3.63) is 71.5 Å². The number of H-pyrrole nitrogens is 1. The Morgan fingerprint density at radius 2 is 1.81 bits per heavy atom. The van der Waals surface area contributed by atoms with E-state index in [-0.39, 0.29) is 5.91 Å². The van der Waals surface area contributed by atoms with Gasteiger partial charge in [-0.3, -0.25) is 9.89 Å². The Kier molecular flexibility index (Phi) is 6.17. The molecule has 3 aromatic rings. The Labute approximate surface area is 181 Å². The number of carbonyl (C=O) groups excluding carboxylic acids is 1. The molecule has 4 rings (SSSR count).